The lowest BCUT2D eigenvalue weighted by Crippen LogP contribution is -2.32. The fourth-order valence-corrected chi connectivity index (χ4v) is 5.12. The van der Waals surface area contributed by atoms with Crippen LogP contribution in [0, 0.1) is 5.41 Å². The average Bonchev–Trinajstić information content (AvgIpc) is 3.22. The third-order valence-corrected chi connectivity index (χ3v) is 7.17. The molecule has 8 heteroatoms. The fraction of sp³-hybridized carbons (Fsp3) is 0.565. The zero-order valence-electron chi connectivity index (χ0n) is 18.1. The maximum absolute atomic E-state index is 12.5. The lowest BCUT2D eigenvalue weighted by atomic mass is 9.71. The normalized spacial score (nSPS) is 27.4. The van der Waals surface area contributed by atoms with Gasteiger partial charge < -0.3 is 18.9 Å². The molecule has 6 nitrogen and oxygen atoms in total. The number of hydrogen-bond acceptors (Lipinski definition) is 6. The first kappa shape index (κ1) is 22.6. The molecular formula is C23H26Cl2O6. The van der Waals surface area contributed by atoms with Crippen LogP contribution in [0.25, 0.3) is 5.57 Å². The summed E-state index contributed by atoms with van der Waals surface area (Å²) in [5.41, 5.74) is 2.65. The number of esters is 1. The molecule has 0 aromatic heterocycles. The highest BCUT2D eigenvalue weighted by Crippen LogP contribution is 2.57. The largest absolute Gasteiger partial charge is 0.477 e. The summed E-state index contributed by atoms with van der Waals surface area (Å²) in [6.45, 7) is 7.35. The number of benzene rings is 1. The minimum atomic E-state index is -0.927. The van der Waals surface area contributed by atoms with Crippen LogP contribution in [-0.2, 0) is 30.2 Å². The third kappa shape index (κ3) is 4.11. The molecule has 1 aliphatic heterocycles. The minimum absolute atomic E-state index is 0.108. The maximum atomic E-state index is 12.5. The van der Waals surface area contributed by atoms with E-state index in [1.165, 1.54) is 0 Å². The zero-order chi connectivity index (χ0) is 22.6. The number of allylic oxidation sites excluding steroid dienone is 2. The quantitative estimate of drug-likeness (QED) is 0.558. The van der Waals surface area contributed by atoms with Crippen LogP contribution in [0.5, 0.6) is 5.75 Å². The van der Waals surface area contributed by atoms with E-state index >= 15 is 0 Å². The summed E-state index contributed by atoms with van der Waals surface area (Å²) < 4.78 is 22.1. The summed E-state index contributed by atoms with van der Waals surface area (Å²) in [6, 6.07) is 1.83. The molecule has 0 saturated carbocycles. The highest BCUT2D eigenvalue weighted by atomic mass is 35.5. The number of carbonyl (C=O) groups is 2. The van der Waals surface area contributed by atoms with Gasteiger partial charge >= 0.3 is 5.97 Å². The van der Waals surface area contributed by atoms with Crippen LogP contribution in [-0.4, -0.2) is 36.5 Å². The van der Waals surface area contributed by atoms with Gasteiger partial charge in [0.1, 0.15) is 17.4 Å². The van der Waals surface area contributed by atoms with Crippen molar-refractivity contribution in [2.24, 2.45) is 5.41 Å². The molecule has 3 unspecified atom stereocenters. The van der Waals surface area contributed by atoms with E-state index in [0.717, 1.165) is 36.0 Å². The Hall–Kier alpha value is -1.60. The second-order valence-corrected chi connectivity index (χ2v) is 9.58. The third-order valence-electron chi connectivity index (χ3n) is 6.32. The van der Waals surface area contributed by atoms with E-state index in [0.29, 0.717) is 17.2 Å². The number of halogens is 2. The summed E-state index contributed by atoms with van der Waals surface area (Å²) in [7, 11) is 0. The van der Waals surface area contributed by atoms with E-state index in [9.17, 15) is 9.59 Å². The van der Waals surface area contributed by atoms with Crippen molar-refractivity contribution >= 4 is 40.5 Å². The molecule has 1 saturated heterocycles. The number of ketones is 1. The molecule has 168 valence electrons. The Morgan fingerprint density at radius 3 is 2.71 bits per heavy atom. The van der Waals surface area contributed by atoms with Crippen LogP contribution in [0.1, 0.15) is 58.1 Å². The number of hydrogen-bond donors (Lipinski definition) is 0. The molecule has 0 amide bonds. The molecule has 4 rings (SSSR count). The van der Waals surface area contributed by atoms with E-state index in [-0.39, 0.29) is 22.8 Å². The molecule has 1 aromatic rings. The molecule has 0 bridgehead atoms. The number of ether oxygens (including phenoxy) is 4. The Labute approximate surface area is 191 Å². The second-order valence-electron chi connectivity index (χ2n) is 8.83. The molecule has 0 N–H and O–H groups in total. The first-order valence-corrected chi connectivity index (χ1v) is 11.3. The SMILES string of the molecule is CCC12CCC(=O)C=C1c1c(cc(OC(C)C(=O)OC3COC(C)(C)O3)c(Cl)c1Cl)C2. The Morgan fingerprint density at radius 2 is 2.06 bits per heavy atom. The van der Waals surface area contributed by atoms with Crippen molar-refractivity contribution in [3.8, 4) is 5.75 Å². The summed E-state index contributed by atoms with van der Waals surface area (Å²) in [5.74, 6) is -0.966. The van der Waals surface area contributed by atoms with Gasteiger partial charge in [-0.15, -0.1) is 0 Å². The highest BCUT2D eigenvalue weighted by Gasteiger charge is 2.45. The maximum Gasteiger partial charge on any atom is 0.349 e. The predicted molar refractivity (Wildman–Crippen MR) is 116 cm³/mol. The van der Waals surface area contributed by atoms with Crippen molar-refractivity contribution in [3.63, 3.8) is 0 Å². The Kier molecular flexibility index (Phi) is 5.88. The average molecular weight is 469 g/mol. The number of rotatable bonds is 5. The number of carbonyl (C=O) groups excluding carboxylic acids is 2. The van der Waals surface area contributed by atoms with Gasteiger partial charge in [0.05, 0.1) is 5.02 Å². The van der Waals surface area contributed by atoms with Crippen molar-refractivity contribution in [1.82, 2.24) is 0 Å². The summed E-state index contributed by atoms with van der Waals surface area (Å²) in [5, 5.41) is 0.563. The highest BCUT2D eigenvalue weighted by molar-refractivity contribution is 6.44. The monoisotopic (exact) mass is 468 g/mol. The number of fused-ring (bicyclic) bond motifs is 3. The van der Waals surface area contributed by atoms with Crippen molar-refractivity contribution < 1.29 is 28.5 Å². The van der Waals surface area contributed by atoms with Crippen LogP contribution in [0.4, 0.5) is 0 Å². The smallest absolute Gasteiger partial charge is 0.349 e. The second kappa shape index (κ2) is 8.07. The van der Waals surface area contributed by atoms with Crippen molar-refractivity contribution in [1.29, 1.82) is 0 Å². The van der Waals surface area contributed by atoms with Crippen LogP contribution < -0.4 is 4.74 Å². The summed E-state index contributed by atoms with van der Waals surface area (Å²) in [4.78, 5) is 24.6. The molecule has 3 atom stereocenters. The van der Waals surface area contributed by atoms with Gasteiger partial charge in [-0.05, 0) is 63.3 Å². The molecule has 31 heavy (non-hydrogen) atoms. The molecular weight excluding hydrogens is 443 g/mol. The van der Waals surface area contributed by atoms with E-state index in [1.54, 1.807) is 26.8 Å². The fourth-order valence-electron chi connectivity index (χ4n) is 4.61. The lowest BCUT2D eigenvalue weighted by molar-refractivity contribution is -0.201. The lowest BCUT2D eigenvalue weighted by Gasteiger charge is -2.32. The molecule has 2 aliphatic carbocycles. The van der Waals surface area contributed by atoms with Crippen LogP contribution >= 0.6 is 23.2 Å². The van der Waals surface area contributed by atoms with Gasteiger partial charge in [-0.25, -0.2) is 4.79 Å². The van der Waals surface area contributed by atoms with Crippen molar-refractivity contribution in [2.75, 3.05) is 6.61 Å². The first-order chi connectivity index (χ1) is 14.5. The topological polar surface area (TPSA) is 71.1 Å². The van der Waals surface area contributed by atoms with Crippen molar-refractivity contribution in [3.05, 3.63) is 33.3 Å². The van der Waals surface area contributed by atoms with Gasteiger partial charge in [-0.2, -0.15) is 0 Å². The molecule has 1 aromatic carbocycles. The summed E-state index contributed by atoms with van der Waals surface area (Å²) in [6.07, 6.45) is 2.97. The predicted octanol–water partition coefficient (Wildman–Crippen LogP) is 5.11. The van der Waals surface area contributed by atoms with Crippen LogP contribution in [0.3, 0.4) is 0 Å². The van der Waals surface area contributed by atoms with E-state index in [2.05, 4.69) is 6.92 Å². The van der Waals surface area contributed by atoms with Crippen molar-refractivity contribution in [2.45, 2.75) is 71.6 Å². The standard InChI is InChI=1S/C23H26Cl2O6/c1-5-23-7-6-14(26)9-15(23)18-13(10-23)8-16(19(24)20(18)25)29-12(2)21(27)30-17-11-28-22(3,4)31-17/h8-9,12,17H,5-7,10-11H2,1-4H3. The van der Waals surface area contributed by atoms with E-state index < -0.39 is 24.2 Å². The summed E-state index contributed by atoms with van der Waals surface area (Å²) >= 11 is 13.2. The molecule has 3 aliphatic rings. The zero-order valence-corrected chi connectivity index (χ0v) is 19.6. The van der Waals surface area contributed by atoms with Crippen LogP contribution in [0.2, 0.25) is 10.0 Å². The minimum Gasteiger partial charge on any atom is -0.477 e. The van der Waals surface area contributed by atoms with E-state index in [4.69, 9.17) is 42.1 Å². The van der Waals surface area contributed by atoms with E-state index in [1.807, 2.05) is 6.07 Å². The molecule has 1 heterocycles. The molecule has 0 radical (unpaired) electrons. The van der Waals surface area contributed by atoms with Crippen LogP contribution in [0.15, 0.2) is 12.1 Å². The van der Waals surface area contributed by atoms with Gasteiger partial charge in [0, 0.05) is 17.4 Å². The van der Waals surface area contributed by atoms with Gasteiger partial charge in [-0.3, -0.25) is 4.79 Å². The first-order valence-electron chi connectivity index (χ1n) is 10.5. The molecule has 0 spiro atoms. The van der Waals surface area contributed by atoms with Gasteiger partial charge in [0.2, 0.25) is 6.29 Å². The van der Waals surface area contributed by atoms with Gasteiger partial charge in [0.25, 0.3) is 0 Å². The van der Waals surface area contributed by atoms with Gasteiger partial charge in [0.15, 0.2) is 17.7 Å². The Bertz CT molecular complexity index is 969. The van der Waals surface area contributed by atoms with Gasteiger partial charge in [-0.1, -0.05) is 30.1 Å². The molecule has 1 fully saturated rings. The Balaban J connectivity index is 1.55. The Morgan fingerprint density at radius 1 is 1.32 bits per heavy atom.